The summed E-state index contributed by atoms with van der Waals surface area (Å²) in [6.45, 7) is 2.70. The summed E-state index contributed by atoms with van der Waals surface area (Å²) in [5.41, 5.74) is 9.42. The van der Waals surface area contributed by atoms with E-state index in [1.165, 1.54) is 0 Å². The lowest BCUT2D eigenvalue weighted by atomic mass is 10.1. The fourth-order valence-corrected chi connectivity index (χ4v) is 2.03. The predicted octanol–water partition coefficient (Wildman–Crippen LogP) is -0.0255. The molecule has 7 heteroatoms. The predicted molar refractivity (Wildman–Crippen MR) is 66.8 cm³/mol. The summed E-state index contributed by atoms with van der Waals surface area (Å²) in [6.07, 6.45) is 0. The third kappa shape index (κ3) is 2.42. The van der Waals surface area contributed by atoms with Crippen molar-refractivity contribution in [1.82, 2.24) is 10.4 Å². The van der Waals surface area contributed by atoms with E-state index in [2.05, 4.69) is 5.43 Å². The van der Waals surface area contributed by atoms with Crippen molar-refractivity contribution in [2.24, 2.45) is 0 Å². The molecule has 2 heterocycles. The van der Waals surface area contributed by atoms with Gasteiger partial charge in [-0.25, -0.2) is 5.01 Å². The summed E-state index contributed by atoms with van der Waals surface area (Å²) in [5, 5.41) is 1.82. The van der Waals surface area contributed by atoms with Gasteiger partial charge in [0, 0.05) is 24.8 Å². The minimum Gasteiger partial charge on any atom is -0.454 e. The lowest BCUT2D eigenvalue weighted by molar-refractivity contribution is 0.0126. The van der Waals surface area contributed by atoms with Gasteiger partial charge in [-0.05, 0) is 6.07 Å². The quantitative estimate of drug-likeness (QED) is 0.731. The molecule has 0 spiro atoms. The Labute approximate surface area is 110 Å². The number of ether oxygens (including phenoxy) is 3. The molecule has 3 N–H and O–H groups in total. The van der Waals surface area contributed by atoms with E-state index in [9.17, 15) is 4.79 Å². The number of morpholine rings is 1. The van der Waals surface area contributed by atoms with Gasteiger partial charge in [0.1, 0.15) is 0 Å². The number of amides is 1. The molecule has 0 saturated carbocycles. The van der Waals surface area contributed by atoms with E-state index in [-0.39, 0.29) is 12.7 Å². The molecule has 19 heavy (non-hydrogen) atoms. The maximum atomic E-state index is 12.2. The van der Waals surface area contributed by atoms with Crippen molar-refractivity contribution < 1.29 is 19.0 Å². The number of carbonyl (C=O) groups excluding carboxylic acids is 1. The average molecular weight is 265 g/mol. The van der Waals surface area contributed by atoms with Crippen molar-refractivity contribution in [1.29, 1.82) is 0 Å². The highest BCUT2D eigenvalue weighted by Crippen LogP contribution is 2.35. The van der Waals surface area contributed by atoms with Crippen molar-refractivity contribution in [3.05, 3.63) is 17.7 Å². The average Bonchev–Trinajstić information content (AvgIpc) is 2.86. The van der Waals surface area contributed by atoms with Gasteiger partial charge in [-0.2, -0.15) is 0 Å². The van der Waals surface area contributed by atoms with E-state index in [1.807, 2.05) is 5.01 Å². The Hall–Kier alpha value is -1.99. The van der Waals surface area contributed by atoms with Gasteiger partial charge in [-0.15, -0.1) is 0 Å². The Morgan fingerprint density at radius 1 is 1.21 bits per heavy atom. The first-order chi connectivity index (χ1) is 9.24. The maximum Gasteiger partial charge on any atom is 0.267 e. The molecule has 1 aromatic rings. The fourth-order valence-electron chi connectivity index (χ4n) is 2.03. The molecule has 0 bridgehead atoms. The zero-order valence-electron chi connectivity index (χ0n) is 10.3. The van der Waals surface area contributed by atoms with E-state index in [0.717, 1.165) is 0 Å². The molecular formula is C12H15N3O4. The Morgan fingerprint density at radius 2 is 1.89 bits per heavy atom. The lowest BCUT2D eigenvalue weighted by Crippen LogP contribution is -2.48. The number of hydrogen-bond donors (Lipinski definition) is 2. The molecule has 7 nitrogen and oxygen atoms in total. The van der Waals surface area contributed by atoms with Crippen LogP contribution in [0.2, 0.25) is 0 Å². The number of nitrogen functional groups attached to an aromatic ring is 1. The summed E-state index contributed by atoms with van der Waals surface area (Å²) in [4.78, 5) is 12.2. The third-order valence-corrected chi connectivity index (χ3v) is 3.06. The zero-order valence-corrected chi connectivity index (χ0v) is 10.3. The second-order valence-electron chi connectivity index (χ2n) is 4.33. The summed E-state index contributed by atoms with van der Waals surface area (Å²) >= 11 is 0. The number of benzene rings is 1. The summed E-state index contributed by atoms with van der Waals surface area (Å²) in [7, 11) is 0. The molecule has 0 aliphatic carbocycles. The minimum absolute atomic E-state index is 0.156. The molecule has 1 aromatic carbocycles. The number of hydrogen-bond acceptors (Lipinski definition) is 6. The normalized spacial score (nSPS) is 18.3. The first-order valence-electron chi connectivity index (χ1n) is 6.07. The standard InChI is InChI=1S/C12H15N3O4/c13-9-6-11-10(18-7-19-11)5-8(9)12(16)14-15-1-3-17-4-2-15/h5-6H,1-4,7,13H2,(H,14,16). The smallest absolute Gasteiger partial charge is 0.267 e. The van der Waals surface area contributed by atoms with Gasteiger partial charge >= 0.3 is 0 Å². The molecule has 2 aliphatic heterocycles. The van der Waals surface area contributed by atoms with Crippen LogP contribution in [0.5, 0.6) is 11.5 Å². The summed E-state index contributed by atoms with van der Waals surface area (Å²) in [6, 6.07) is 3.21. The Morgan fingerprint density at radius 3 is 2.63 bits per heavy atom. The second-order valence-corrected chi connectivity index (χ2v) is 4.33. The van der Waals surface area contributed by atoms with Gasteiger partial charge in [0.2, 0.25) is 6.79 Å². The molecule has 2 aliphatic rings. The van der Waals surface area contributed by atoms with E-state index >= 15 is 0 Å². The largest absolute Gasteiger partial charge is 0.454 e. The fraction of sp³-hybridized carbons (Fsp3) is 0.417. The highest BCUT2D eigenvalue weighted by Gasteiger charge is 2.21. The van der Waals surface area contributed by atoms with Crippen LogP contribution < -0.4 is 20.6 Å². The van der Waals surface area contributed by atoms with Crippen LogP contribution in [0.1, 0.15) is 10.4 Å². The van der Waals surface area contributed by atoms with Crippen molar-refractivity contribution in [3.8, 4) is 11.5 Å². The molecule has 0 atom stereocenters. The van der Waals surface area contributed by atoms with Crippen molar-refractivity contribution >= 4 is 11.6 Å². The van der Waals surface area contributed by atoms with Gasteiger partial charge in [-0.3, -0.25) is 10.2 Å². The Bertz CT molecular complexity index is 500. The maximum absolute atomic E-state index is 12.2. The number of fused-ring (bicyclic) bond motifs is 1. The van der Waals surface area contributed by atoms with Crippen LogP contribution in [0.15, 0.2) is 12.1 Å². The molecule has 102 valence electrons. The Balaban J connectivity index is 1.75. The van der Waals surface area contributed by atoms with Crippen LogP contribution in [0.4, 0.5) is 5.69 Å². The molecular weight excluding hydrogens is 250 g/mol. The van der Waals surface area contributed by atoms with E-state index in [4.69, 9.17) is 19.9 Å². The zero-order chi connectivity index (χ0) is 13.2. The van der Waals surface area contributed by atoms with E-state index in [0.29, 0.717) is 49.1 Å². The van der Waals surface area contributed by atoms with Gasteiger partial charge < -0.3 is 19.9 Å². The van der Waals surface area contributed by atoms with E-state index in [1.54, 1.807) is 12.1 Å². The van der Waals surface area contributed by atoms with Crippen LogP contribution in [-0.4, -0.2) is 44.0 Å². The number of rotatable bonds is 2. The monoisotopic (exact) mass is 265 g/mol. The first-order valence-corrected chi connectivity index (χ1v) is 6.07. The highest BCUT2D eigenvalue weighted by molar-refractivity contribution is 5.99. The van der Waals surface area contributed by atoms with Gasteiger partial charge in [0.15, 0.2) is 11.5 Å². The molecule has 3 rings (SSSR count). The van der Waals surface area contributed by atoms with Gasteiger partial charge in [0.25, 0.3) is 5.91 Å². The summed E-state index contributed by atoms with van der Waals surface area (Å²) in [5.74, 6) is 0.861. The molecule has 0 aromatic heterocycles. The second kappa shape index (κ2) is 4.94. The van der Waals surface area contributed by atoms with Crippen molar-refractivity contribution in [2.45, 2.75) is 0 Å². The Kier molecular flexibility index (Phi) is 3.14. The number of nitrogens with two attached hydrogens (primary N) is 1. The third-order valence-electron chi connectivity index (χ3n) is 3.06. The van der Waals surface area contributed by atoms with Crippen LogP contribution in [-0.2, 0) is 4.74 Å². The van der Waals surface area contributed by atoms with Crippen LogP contribution >= 0.6 is 0 Å². The number of carbonyl (C=O) groups is 1. The number of nitrogens with one attached hydrogen (secondary N) is 1. The topological polar surface area (TPSA) is 86.1 Å². The SMILES string of the molecule is Nc1cc2c(cc1C(=O)NN1CCOCC1)OCO2. The first kappa shape index (κ1) is 12.1. The van der Waals surface area contributed by atoms with Crippen LogP contribution in [0.3, 0.4) is 0 Å². The van der Waals surface area contributed by atoms with Crippen LogP contribution in [0.25, 0.3) is 0 Å². The van der Waals surface area contributed by atoms with Gasteiger partial charge in [-0.1, -0.05) is 0 Å². The highest BCUT2D eigenvalue weighted by atomic mass is 16.7. The molecule has 1 saturated heterocycles. The summed E-state index contributed by atoms with van der Waals surface area (Å²) < 4.78 is 15.7. The number of anilines is 1. The molecule has 1 amide bonds. The minimum atomic E-state index is -0.252. The molecule has 0 unspecified atom stereocenters. The van der Waals surface area contributed by atoms with Crippen molar-refractivity contribution in [2.75, 3.05) is 38.8 Å². The number of hydrazine groups is 1. The lowest BCUT2D eigenvalue weighted by Gasteiger charge is -2.27. The number of nitrogens with zero attached hydrogens (tertiary/aromatic N) is 1. The van der Waals surface area contributed by atoms with Gasteiger partial charge in [0.05, 0.1) is 18.8 Å². The van der Waals surface area contributed by atoms with Crippen LogP contribution in [0, 0.1) is 0 Å². The van der Waals surface area contributed by atoms with E-state index < -0.39 is 0 Å². The van der Waals surface area contributed by atoms with Crippen molar-refractivity contribution in [3.63, 3.8) is 0 Å². The molecule has 1 fully saturated rings. The molecule has 0 radical (unpaired) electrons.